The zero-order valence-corrected chi connectivity index (χ0v) is 10.4. The summed E-state index contributed by atoms with van der Waals surface area (Å²) in [4.78, 5) is 6.97. The summed E-state index contributed by atoms with van der Waals surface area (Å²) in [5.74, 6) is 1.16. The van der Waals surface area contributed by atoms with Gasteiger partial charge < -0.3 is 0 Å². The van der Waals surface area contributed by atoms with Gasteiger partial charge in [-0.2, -0.15) is 0 Å². The van der Waals surface area contributed by atoms with E-state index in [1.807, 2.05) is 0 Å². The Bertz CT molecular complexity index is 306. The molecule has 3 heteroatoms. The van der Waals surface area contributed by atoms with Crippen molar-refractivity contribution in [1.29, 1.82) is 0 Å². The summed E-state index contributed by atoms with van der Waals surface area (Å²) in [5, 5.41) is 0. The maximum atomic E-state index is 4.60. The summed E-state index contributed by atoms with van der Waals surface area (Å²) in [6.07, 6.45) is 2.64. The molecule has 70 valence electrons. The second kappa shape index (κ2) is 3.71. The van der Waals surface area contributed by atoms with Gasteiger partial charge in [0.1, 0.15) is 0 Å². The summed E-state index contributed by atoms with van der Waals surface area (Å²) in [6.45, 7) is 4.46. The molecule has 1 aromatic heterocycles. The monoisotopic (exact) mass is 238 g/mol. The number of aryl methyl sites for hydroxylation is 1. The third-order valence-electron chi connectivity index (χ3n) is 2.54. The topological polar surface area (TPSA) is 16.1 Å². The van der Waals surface area contributed by atoms with Crippen molar-refractivity contribution in [2.24, 2.45) is 0 Å². The van der Waals surface area contributed by atoms with Crippen molar-refractivity contribution in [2.75, 3.05) is 18.0 Å². The van der Waals surface area contributed by atoms with Crippen LogP contribution in [0.5, 0.6) is 0 Å². The third-order valence-corrected chi connectivity index (χ3v) is 3.82. The minimum atomic E-state index is 1.16. The molecule has 2 heterocycles. The normalized spacial score (nSPS) is 16.6. The molecule has 2 nitrogen and oxygen atoms in total. The fourth-order valence-electron chi connectivity index (χ4n) is 1.68. The molecule has 1 aliphatic heterocycles. The van der Waals surface area contributed by atoms with Crippen LogP contribution in [0.15, 0.2) is 12.1 Å². The van der Waals surface area contributed by atoms with Crippen LogP contribution in [-0.2, 0) is 0 Å². The summed E-state index contributed by atoms with van der Waals surface area (Å²) in [7, 11) is 0. The van der Waals surface area contributed by atoms with Crippen molar-refractivity contribution in [2.45, 2.75) is 19.8 Å². The Morgan fingerprint density at radius 3 is 2.62 bits per heavy atom. The van der Waals surface area contributed by atoms with E-state index in [0.29, 0.717) is 0 Å². The number of hydrogen-bond acceptors (Lipinski definition) is 2. The predicted molar refractivity (Wildman–Crippen MR) is 58.6 cm³/mol. The van der Waals surface area contributed by atoms with Crippen molar-refractivity contribution in [3.8, 4) is 0 Å². The van der Waals surface area contributed by atoms with Crippen LogP contribution in [0.4, 0.5) is 5.82 Å². The number of aromatic nitrogens is 1. The molecule has 0 saturated carbocycles. The van der Waals surface area contributed by atoms with Crippen LogP contribution in [0.3, 0.4) is 0 Å². The predicted octanol–water partition coefficient (Wildman–Crippen LogP) is 0.249. The molecule has 1 unspecified atom stereocenters. The molecule has 0 radical (unpaired) electrons. The van der Waals surface area contributed by atoms with E-state index >= 15 is 0 Å². The number of hydrogen-bond donors (Lipinski definition) is 0. The Morgan fingerprint density at radius 1 is 1.31 bits per heavy atom. The van der Waals surface area contributed by atoms with Gasteiger partial charge in [-0.1, -0.05) is 0 Å². The van der Waals surface area contributed by atoms with Crippen molar-refractivity contribution < 1.29 is 0 Å². The summed E-state index contributed by atoms with van der Waals surface area (Å²) >= 11 is 1.66. The Morgan fingerprint density at radius 2 is 2.00 bits per heavy atom. The molecule has 13 heavy (non-hydrogen) atoms. The van der Waals surface area contributed by atoms with Crippen LogP contribution in [-0.4, -0.2) is 34.9 Å². The summed E-state index contributed by atoms with van der Waals surface area (Å²) in [6, 6.07) is 4.34. The maximum absolute atomic E-state index is 4.60. The number of anilines is 1. The van der Waals surface area contributed by atoms with Gasteiger partial charge in [-0.25, -0.2) is 0 Å². The van der Waals surface area contributed by atoms with E-state index in [9.17, 15) is 0 Å². The molecule has 0 bridgehead atoms. The van der Waals surface area contributed by atoms with Crippen LogP contribution in [0.2, 0.25) is 0 Å². The van der Waals surface area contributed by atoms with Crippen LogP contribution in [0, 0.1) is 6.92 Å². The van der Waals surface area contributed by atoms with Crippen molar-refractivity contribution in [3.05, 3.63) is 17.8 Å². The zero-order valence-electron chi connectivity index (χ0n) is 7.95. The van der Waals surface area contributed by atoms with E-state index in [0.717, 1.165) is 5.82 Å². The molecule has 1 atom stereocenters. The molecular formula is C10H15AsN2. The van der Waals surface area contributed by atoms with Gasteiger partial charge in [0.25, 0.3) is 0 Å². The Kier molecular flexibility index (Phi) is 2.59. The quantitative estimate of drug-likeness (QED) is 0.652. The molecule has 0 N–H and O–H groups in total. The number of rotatable bonds is 1. The van der Waals surface area contributed by atoms with E-state index in [1.165, 1.54) is 36.0 Å². The number of pyridine rings is 1. The van der Waals surface area contributed by atoms with Gasteiger partial charge in [-0.05, 0) is 0 Å². The van der Waals surface area contributed by atoms with E-state index in [1.54, 1.807) is 16.9 Å². The summed E-state index contributed by atoms with van der Waals surface area (Å²) < 4.78 is 1.34. The molecule has 2 rings (SSSR count). The standard InChI is InChI=1S/C10H15AsN2/c1-8-9(11)4-5-10(12-8)13-6-2-3-7-13/h4-5H,2-3,6-7,11H2,1H3. The second-order valence-corrected chi connectivity index (χ2v) is 4.84. The van der Waals surface area contributed by atoms with E-state index in [-0.39, 0.29) is 0 Å². The van der Waals surface area contributed by atoms with Gasteiger partial charge in [-0.15, -0.1) is 0 Å². The molecule has 0 spiro atoms. The molecule has 1 saturated heterocycles. The molecule has 1 fully saturated rings. The molecular weight excluding hydrogens is 223 g/mol. The first-order chi connectivity index (χ1) is 6.27. The van der Waals surface area contributed by atoms with Gasteiger partial charge in [0.05, 0.1) is 0 Å². The van der Waals surface area contributed by atoms with Gasteiger partial charge in [0.15, 0.2) is 0 Å². The van der Waals surface area contributed by atoms with Crippen LogP contribution >= 0.6 is 0 Å². The third kappa shape index (κ3) is 1.88. The van der Waals surface area contributed by atoms with E-state index in [4.69, 9.17) is 0 Å². The van der Waals surface area contributed by atoms with Gasteiger partial charge in [0, 0.05) is 0 Å². The fraction of sp³-hybridized carbons (Fsp3) is 0.500. The van der Waals surface area contributed by atoms with Crippen LogP contribution in [0.1, 0.15) is 18.5 Å². The van der Waals surface area contributed by atoms with Gasteiger partial charge in [-0.3, -0.25) is 0 Å². The first kappa shape index (κ1) is 9.08. The van der Waals surface area contributed by atoms with Crippen molar-refractivity contribution in [3.63, 3.8) is 0 Å². The SMILES string of the molecule is Cc1nc(N2CCCC2)ccc1[AsH2]. The second-order valence-electron chi connectivity index (χ2n) is 3.54. The molecule has 0 aliphatic carbocycles. The Hall–Kier alpha value is -0.492. The average Bonchev–Trinajstić information content (AvgIpc) is 2.62. The first-order valence-electron chi connectivity index (χ1n) is 4.75. The molecule has 1 aliphatic rings. The average molecular weight is 238 g/mol. The van der Waals surface area contributed by atoms with Crippen LogP contribution in [0.25, 0.3) is 0 Å². The molecule has 0 amide bonds. The van der Waals surface area contributed by atoms with E-state index in [2.05, 4.69) is 28.9 Å². The first-order valence-corrected chi connectivity index (χ1v) is 5.96. The van der Waals surface area contributed by atoms with E-state index < -0.39 is 0 Å². The molecule has 0 aromatic carbocycles. The summed E-state index contributed by atoms with van der Waals surface area (Å²) in [5.41, 5.74) is 1.18. The minimum absolute atomic E-state index is 1.16. The number of nitrogens with zero attached hydrogens (tertiary/aromatic N) is 2. The van der Waals surface area contributed by atoms with Gasteiger partial charge >= 0.3 is 87.6 Å². The molecule has 1 aromatic rings. The van der Waals surface area contributed by atoms with Gasteiger partial charge in [0.2, 0.25) is 0 Å². The van der Waals surface area contributed by atoms with Crippen molar-refractivity contribution in [1.82, 2.24) is 4.98 Å². The Labute approximate surface area is 87.9 Å². The fourth-order valence-corrected chi connectivity index (χ4v) is 2.02. The Balaban J connectivity index is 2.25. The van der Waals surface area contributed by atoms with Crippen LogP contribution < -0.4 is 9.25 Å². The zero-order chi connectivity index (χ0) is 9.26. The van der Waals surface area contributed by atoms with Crippen molar-refractivity contribution >= 4 is 27.0 Å².